The minimum atomic E-state index is -0.534. The summed E-state index contributed by atoms with van der Waals surface area (Å²) >= 11 is 0. The van der Waals surface area contributed by atoms with E-state index in [9.17, 15) is 0 Å². The van der Waals surface area contributed by atoms with E-state index in [0.29, 0.717) is 19.9 Å². The molecule has 5 heteroatoms. The third-order valence-corrected chi connectivity index (χ3v) is 2.40. The van der Waals surface area contributed by atoms with Crippen LogP contribution < -0.4 is 0 Å². The number of hydrogen-bond acceptors (Lipinski definition) is 5. The maximum absolute atomic E-state index is 8.69. The molecule has 2 fully saturated rings. The minimum absolute atomic E-state index is 0.0130. The minimum Gasteiger partial charge on any atom is -0.371 e. The molecule has 1 N–H and O–H groups in total. The van der Waals surface area contributed by atoms with Crippen LogP contribution in [0.2, 0.25) is 0 Å². The molecule has 12 heavy (non-hydrogen) atoms. The monoisotopic (exact) mass is 175 g/mol. The van der Waals surface area contributed by atoms with Gasteiger partial charge in [0.05, 0.1) is 13.2 Å². The molecule has 0 bridgehead atoms. The Morgan fingerprint density at radius 3 is 3.25 bits per heavy atom. The lowest BCUT2D eigenvalue weighted by atomic mass is 10.2. The van der Waals surface area contributed by atoms with Crippen molar-refractivity contribution in [2.24, 2.45) is 0 Å². The first-order valence-corrected chi connectivity index (χ1v) is 3.99. The number of aliphatic hydroxyl groups is 1. The number of fused-ring (bicyclic) bond motifs is 1. The lowest BCUT2D eigenvalue weighted by Crippen LogP contribution is -2.47. The van der Waals surface area contributed by atoms with Gasteiger partial charge in [0.25, 0.3) is 0 Å². The van der Waals surface area contributed by atoms with Crippen molar-refractivity contribution in [2.45, 2.75) is 18.9 Å². The van der Waals surface area contributed by atoms with E-state index in [4.69, 9.17) is 19.3 Å². The summed E-state index contributed by atoms with van der Waals surface area (Å²) in [6.45, 7) is 3.10. The van der Waals surface area contributed by atoms with Gasteiger partial charge in [0, 0.05) is 0 Å². The van der Waals surface area contributed by atoms with E-state index in [0.717, 1.165) is 0 Å². The zero-order valence-corrected chi connectivity index (χ0v) is 7.02. The van der Waals surface area contributed by atoms with Gasteiger partial charge in [-0.1, -0.05) is 0 Å². The largest absolute Gasteiger partial charge is 0.371 e. The summed E-state index contributed by atoms with van der Waals surface area (Å²) in [6.07, 6.45) is 0.0130. The van der Waals surface area contributed by atoms with Crippen molar-refractivity contribution in [1.29, 1.82) is 0 Å². The van der Waals surface area contributed by atoms with E-state index in [1.54, 1.807) is 0 Å². The van der Waals surface area contributed by atoms with Crippen molar-refractivity contribution in [3.8, 4) is 0 Å². The second-order valence-electron chi connectivity index (χ2n) is 3.08. The van der Waals surface area contributed by atoms with Crippen LogP contribution in [-0.2, 0) is 14.2 Å². The van der Waals surface area contributed by atoms with Crippen molar-refractivity contribution >= 4 is 0 Å². The molecule has 0 aromatic rings. The molecule has 0 aliphatic carbocycles. The fourth-order valence-electron chi connectivity index (χ4n) is 1.69. The Kier molecular flexibility index (Phi) is 2.05. The molecule has 2 saturated heterocycles. The van der Waals surface area contributed by atoms with E-state index < -0.39 is 5.72 Å². The summed E-state index contributed by atoms with van der Waals surface area (Å²) in [5.41, 5.74) is -0.534. The molecular formula is C7H13NO4. The van der Waals surface area contributed by atoms with Crippen molar-refractivity contribution in [3.63, 3.8) is 0 Å². The van der Waals surface area contributed by atoms with Gasteiger partial charge in [-0.2, -0.15) is 0 Å². The molecule has 0 radical (unpaired) electrons. The van der Waals surface area contributed by atoms with Crippen LogP contribution in [0, 0.1) is 0 Å². The second kappa shape index (κ2) is 2.93. The fourth-order valence-corrected chi connectivity index (χ4v) is 1.69. The van der Waals surface area contributed by atoms with Gasteiger partial charge in [0.2, 0.25) is 0 Å². The number of aliphatic hydroxyl groups excluding tert-OH is 1. The fraction of sp³-hybridized carbons (Fsp3) is 1.00. The van der Waals surface area contributed by atoms with E-state index in [2.05, 4.69) is 0 Å². The van der Waals surface area contributed by atoms with Crippen LogP contribution in [0.25, 0.3) is 0 Å². The van der Waals surface area contributed by atoms with E-state index in [-0.39, 0.29) is 13.0 Å². The molecule has 0 aromatic heterocycles. The van der Waals surface area contributed by atoms with Crippen LogP contribution in [0.4, 0.5) is 0 Å². The third kappa shape index (κ3) is 1.06. The maximum Gasteiger partial charge on any atom is 0.175 e. The van der Waals surface area contributed by atoms with Crippen molar-refractivity contribution in [2.75, 3.05) is 26.7 Å². The van der Waals surface area contributed by atoms with Crippen LogP contribution in [-0.4, -0.2) is 48.7 Å². The Hall–Kier alpha value is -0.200. The molecule has 0 amide bonds. The van der Waals surface area contributed by atoms with Crippen LogP contribution in [0.15, 0.2) is 0 Å². The van der Waals surface area contributed by atoms with Crippen LogP contribution >= 0.6 is 0 Å². The maximum atomic E-state index is 8.69. The van der Waals surface area contributed by atoms with Gasteiger partial charge in [-0.05, 0) is 6.92 Å². The number of nitrogens with zero attached hydrogens (tertiary/aromatic N) is 1. The van der Waals surface area contributed by atoms with Gasteiger partial charge >= 0.3 is 0 Å². The number of ether oxygens (including phenoxy) is 3. The van der Waals surface area contributed by atoms with Crippen LogP contribution in [0.3, 0.4) is 0 Å². The molecule has 0 aromatic carbocycles. The topological polar surface area (TPSA) is 51.2 Å². The van der Waals surface area contributed by atoms with Crippen molar-refractivity contribution in [3.05, 3.63) is 0 Å². The van der Waals surface area contributed by atoms with Crippen LogP contribution in [0.1, 0.15) is 6.92 Å². The molecule has 5 nitrogen and oxygen atoms in total. The van der Waals surface area contributed by atoms with Gasteiger partial charge in [0.15, 0.2) is 5.72 Å². The summed E-state index contributed by atoms with van der Waals surface area (Å²) < 4.78 is 15.8. The SMILES string of the molecule is CC1OCC2(OCO)COCN12. The Morgan fingerprint density at radius 1 is 1.67 bits per heavy atom. The van der Waals surface area contributed by atoms with E-state index in [1.807, 2.05) is 11.8 Å². The third-order valence-electron chi connectivity index (χ3n) is 2.40. The first-order valence-electron chi connectivity index (χ1n) is 3.99. The molecule has 70 valence electrons. The van der Waals surface area contributed by atoms with Crippen molar-refractivity contribution < 1.29 is 19.3 Å². The summed E-state index contributed by atoms with van der Waals surface area (Å²) in [5, 5.41) is 8.69. The normalized spacial score (nSPS) is 42.0. The zero-order chi connectivity index (χ0) is 8.60. The molecule has 2 heterocycles. The lowest BCUT2D eigenvalue weighted by molar-refractivity contribution is -0.159. The molecule has 2 atom stereocenters. The van der Waals surface area contributed by atoms with E-state index in [1.165, 1.54) is 0 Å². The summed E-state index contributed by atoms with van der Waals surface area (Å²) in [7, 11) is 0. The predicted octanol–water partition coefficient (Wildman–Crippen LogP) is -0.685. The average Bonchev–Trinajstić information content (AvgIpc) is 2.55. The van der Waals surface area contributed by atoms with Crippen LogP contribution in [0.5, 0.6) is 0 Å². The smallest absolute Gasteiger partial charge is 0.175 e. The van der Waals surface area contributed by atoms with Gasteiger partial charge in [-0.15, -0.1) is 0 Å². The van der Waals surface area contributed by atoms with Gasteiger partial charge in [0.1, 0.15) is 19.8 Å². The molecule has 0 spiro atoms. The average molecular weight is 175 g/mol. The predicted molar refractivity (Wildman–Crippen MR) is 39.0 cm³/mol. The van der Waals surface area contributed by atoms with Gasteiger partial charge in [-0.3, -0.25) is 0 Å². The summed E-state index contributed by atoms with van der Waals surface area (Å²) in [4.78, 5) is 1.96. The second-order valence-corrected chi connectivity index (χ2v) is 3.08. The highest BCUT2D eigenvalue weighted by Crippen LogP contribution is 2.32. The Balaban J connectivity index is 2.11. The van der Waals surface area contributed by atoms with Gasteiger partial charge < -0.3 is 19.3 Å². The summed E-state index contributed by atoms with van der Waals surface area (Å²) in [5.74, 6) is 0. The highest BCUT2D eigenvalue weighted by Gasteiger charge is 2.51. The first kappa shape index (κ1) is 8.40. The lowest BCUT2D eigenvalue weighted by Gasteiger charge is -2.27. The summed E-state index contributed by atoms with van der Waals surface area (Å²) in [6, 6.07) is 0. The highest BCUT2D eigenvalue weighted by molar-refractivity contribution is 4.89. The quantitative estimate of drug-likeness (QED) is 0.563. The molecule has 2 unspecified atom stereocenters. The number of rotatable bonds is 2. The Labute approximate surface area is 70.8 Å². The zero-order valence-electron chi connectivity index (χ0n) is 7.02. The highest BCUT2D eigenvalue weighted by atomic mass is 16.7. The standard InChI is InChI=1S/C7H13NO4/c1-6-8-4-10-2-7(8,3-11-6)12-5-9/h6,9H,2-5H2,1H3. The number of hydrogen-bond donors (Lipinski definition) is 1. The van der Waals surface area contributed by atoms with Crippen molar-refractivity contribution in [1.82, 2.24) is 4.90 Å². The molecular weight excluding hydrogens is 162 g/mol. The molecule has 2 aliphatic heterocycles. The molecule has 2 rings (SSSR count). The molecule has 2 aliphatic rings. The van der Waals surface area contributed by atoms with Gasteiger partial charge in [-0.25, -0.2) is 4.90 Å². The first-order chi connectivity index (χ1) is 5.78. The Morgan fingerprint density at radius 2 is 2.50 bits per heavy atom. The molecule has 0 saturated carbocycles. The van der Waals surface area contributed by atoms with E-state index >= 15 is 0 Å². The Bertz CT molecular complexity index is 173.